The monoisotopic (exact) mass is 270 g/mol. The van der Waals surface area contributed by atoms with Crippen molar-refractivity contribution in [3.8, 4) is 0 Å². The Bertz CT molecular complexity index is 336. The molecule has 110 valence electrons. The Morgan fingerprint density at radius 1 is 1.53 bits per heavy atom. The molecule has 0 saturated carbocycles. The van der Waals surface area contributed by atoms with Crippen molar-refractivity contribution >= 4 is 11.9 Å². The molecule has 1 aliphatic rings. The molecule has 6 nitrogen and oxygen atoms in total. The Morgan fingerprint density at radius 2 is 2.21 bits per heavy atom. The molecular formula is C13H26N4O2. The summed E-state index contributed by atoms with van der Waals surface area (Å²) < 4.78 is 5.44. The van der Waals surface area contributed by atoms with E-state index < -0.39 is 0 Å². The van der Waals surface area contributed by atoms with Crippen LogP contribution < -0.4 is 11.1 Å². The molecule has 1 atom stereocenters. The van der Waals surface area contributed by atoms with Gasteiger partial charge in [0.05, 0.1) is 19.3 Å². The average Bonchev–Trinajstić information content (AvgIpc) is 2.32. The third-order valence-corrected chi connectivity index (χ3v) is 2.92. The molecular weight excluding hydrogens is 244 g/mol. The van der Waals surface area contributed by atoms with Gasteiger partial charge in [-0.25, -0.2) is 0 Å². The topological polar surface area (TPSA) is 80.0 Å². The quantitative estimate of drug-likeness (QED) is 0.436. The minimum absolute atomic E-state index is 0.0290. The minimum Gasteiger partial charge on any atom is -0.375 e. The summed E-state index contributed by atoms with van der Waals surface area (Å²) in [4.78, 5) is 17.9. The molecule has 1 rings (SSSR count). The summed E-state index contributed by atoms with van der Waals surface area (Å²) in [6, 6.07) is 0. The summed E-state index contributed by atoms with van der Waals surface area (Å²) in [6.45, 7) is 10.9. The predicted octanol–water partition coefficient (Wildman–Crippen LogP) is 0.184. The molecule has 0 aromatic carbocycles. The lowest BCUT2D eigenvalue weighted by Crippen LogP contribution is -2.48. The number of ether oxygens (including phenoxy) is 1. The highest BCUT2D eigenvalue weighted by atomic mass is 16.5. The lowest BCUT2D eigenvalue weighted by atomic mass is 9.96. The molecule has 1 amide bonds. The molecule has 0 spiro atoms. The highest BCUT2D eigenvalue weighted by Crippen LogP contribution is 2.11. The summed E-state index contributed by atoms with van der Waals surface area (Å²) in [5, 5.41) is 2.84. The zero-order valence-electron chi connectivity index (χ0n) is 12.4. The number of amides is 1. The Labute approximate surface area is 115 Å². The third-order valence-electron chi connectivity index (χ3n) is 2.92. The normalized spacial score (nSPS) is 21.4. The molecule has 0 bridgehead atoms. The van der Waals surface area contributed by atoms with Crippen molar-refractivity contribution in [3.05, 3.63) is 0 Å². The molecule has 1 unspecified atom stereocenters. The van der Waals surface area contributed by atoms with Crippen molar-refractivity contribution in [3.63, 3.8) is 0 Å². The van der Waals surface area contributed by atoms with Gasteiger partial charge in [-0.3, -0.25) is 9.79 Å². The first-order valence-corrected chi connectivity index (χ1v) is 6.75. The molecule has 0 radical (unpaired) electrons. The lowest BCUT2D eigenvalue weighted by Gasteiger charge is -2.31. The van der Waals surface area contributed by atoms with E-state index in [2.05, 4.69) is 10.3 Å². The smallest absolute Gasteiger partial charge is 0.225 e. The van der Waals surface area contributed by atoms with E-state index in [9.17, 15) is 4.79 Å². The summed E-state index contributed by atoms with van der Waals surface area (Å²) in [6.07, 6.45) is 0.183. The van der Waals surface area contributed by atoms with Crippen LogP contribution in [0, 0.1) is 5.41 Å². The first-order valence-electron chi connectivity index (χ1n) is 6.75. The number of hydrogen-bond donors (Lipinski definition) is 2. The van der Waals surface area contributed by atoms with E-state index in [1.165, 1.54) is 0 Å². The van der Waals surface area contributed by atoms with Gasteiger partial charge in [-0.1, -0.05) is 20.8 Å². The fourth-order valence-corrected chi connectivity index (χ4v) is 1.73. The maximum Gasteiger partial charge on any atom is 0.225 e. The molecule has 1 heterocycles. The predicted molar refractivity (Wildman–Crippen MR) is 75.9 cm³/mol. The first-order chi connectivity index (χ1) is 8.80. The van der Waals surface area contributed by atoms with E-state index in [4.69, 9.17) is 10.5 Å². The Morgan fingerprint density at radius 3 is 2.79 bits per heavy atom. The molecule has 19 heavy (non-hydrogen) atoms. The van der Waals surface area contributed by atoms with Crippen molar-refractivity contribution in [2.45, 2.75) is 33.8 Å². The van der Waals surface area contributed by atoms with Crippen LogP contribution in [0.3, 0.4) is 0 Å². The standard InChI is InChI=1S/C13H26N4O2/c1-10-9-17(7-8-19-10)12(14)16-6-5-15-11(18)13(2,3)4/h10H,5-9H2,1-4H3,(H2,14,16)(H,15,18). The van der Waals surface area contributed by atoms with E-state index >= 15 is 0 Å². The summed E-state index contributed by atoms with van der Waals surface area (Å²) in [5.41, 5.74) is 5.55. The Balaban J connectivity index is 2.30. The molecule has 0 aromatic heterocycles. The summed E-state index contributed by atoms with van der Waals surface area (Å²) in [5.74, 6) is 0.557. The average molecular weight is 270 g/mol. The zero-order valence-corrected chi connectivity index (χ0v) is 12.4. The van der Waals surface area contributed by atoms with Crippen LogP contribution in [-0.2, 0) is 9.53 Å². The number of aliphatic imine (C=N–C) groups is 1. The van der Waals surface area contributed by atoms with Crippen LogP contribution in [0.2, 0.25) is 0 Å². The van der Waals surface area contributed by atoms with Gasteiger partial charge in [0.1, 0.15) is 0 Å². The van der Waals surface area contributed by atoms with Gasteiger partial charge in [-0.2, -0.15) is 0 Å². The molecule has 0 aliphatic carbocycles. The van der Waals surface area contributed by atoms with Crippen molar-refractivity contribution in [2.75, 3.05) is 32.8 Å². The Hall–Kier alpha value is -1.30. The third kappa shape index (κ3) is 5.46. The lowest BCUT2D eigenvalue weighted by molar-refractivity contribution is -0.128. The van der Waals surface area contributed by atoms with Gasteiger partial charge in [0.25, 0.3) is 0 Å². The van der Waals surface area contributed by atoms with Crippen LogP contribution in [0.4, 0.5) is 0 Å². The number of nitrogens with one attached hydrogen (secondary N) is 1. The summed E-state index contributed by atoms with van der Waals surface area (Å²) >= 11 is 0. The molecule has 0 aromatic rings. The highest BCUT2D eigenvalue weighted by Gasteiger charge is 2.20. The molecule has 3 N–H and O–H groups in total. The zero-order chi connectivity index (χ0) is 14.5. The number of carbonyl (C=O) groups is 1. The maximum absolute atomic E-state index is 11.6. The van der Waals surface area contributed by atoms with Crippen LogP contribution >= 0.6 is 0 Å². The SMILES string of the molecule is CC1CN(C(N)=NCCNC(=O)C(C)(C)C)CCO1. The van der Waals surface area contributed by atoms with Crippen molar-refractivity contribution in [1.82, 2.24) is 10.2 Å². The second-order valence-electron chi connectivity index (χ2n) is 5.87. The number of morpholine rings is 1. The number of rotatable bonds is 3. The number of nitrogens with zero attached hydrogens (tertiary/aromatic N) is 2. The largest absolute Gasteiger partial charge is 0.375 e. The van der Waals surface area contributed by atoms with E-state index in [1.807, 2.05) is 32.6 Å². The van der Waals surface area contributed by atoms with Gasteiger partial charge in [-0.05, 0) is 6.92 Å². The minimum atomic E-state index is -0.366. The van der Waals surface area contributed by atoms with E-state index in [0.717, 1.165) is 13.1 Å². The number of guanidine groups is 1. The van der Waals surface area contributed by atoms with Crippen LogP contribution in [0.25, 0.3) is 0 Å². The van der Waals surface area contributed by atoms with Gasteiger partial charge >= 0.3 is 0 Å². The van der Waals surface area contributed by atoms with Crippen molar-refractivity contribution in [2.24, 2.45) is 16.1 Å². The maximum atomic E-state index is 11.6. The number of hydrogen-bond acceptors (Lipinski definition) is 3. The fraction of sp³-hybridized carbons (Fsp3) is 0.846. The molecule has 1 fully saturated rings. The highest BCUT2D eigenvalue weighted by molar-refractivity contribution is 5.81. The second kappa shape index (κ2) is 6.75. The molecule has 1 saturated heterocycles. The van der Waals surface area contributed by atoms with E-state index in [1.54, 1.807) is 0 Å². The van der Waals surface area contributed by atoms with E-state index in [-0.39, 0.29) is 17.4 Å². The molecule has 6 heteroatoms. The van der Waals surface area contributed by atoms with E-state index in [0.29, 0.717) is 25.7 Å². The van der Waals surface area contributed by atoms with Crippen LogP contribution in [0.1, 0.15) is 27.7 Å². The first kappa shape index (κ1) is 15.8. The second-order valence-corrected chi connectivity index (χ2v) is 5.87. The van der Waals surface area contributed by atoms with Crippen LogP contribution in [-0.4, -0.2) is 55.7 Å². The number of nitrogens with two attached hydrogens (primary N) is 1. The van der Waals surface area contributed by atoms with Gasteiger partial charge in [0, 0.05) is 25.0 Å². The van der Waals surface area contributed by atoms with Crippen molar-refractivity contribution in [1.29, 1.82) is 0 Å². The van der Waals surface area contributed by atoms with Crippen LogP contribution in [0.5, 0.6) is 0 Å². The fourth-order valence-electron chi connectivity index (χ4n) is 1.73. The van der Waals surface area contributed by atoms with Gasteiger partial charge in [-0.15, -0.1) is 0 Å². The molecule has 1 aliphatic heterocycles. The van der Waals surface area contributed by atoms with Gasteiger partial charge < -0.3 is 20.7 Å². The van der Waals surface area contributed by atoms with Crippen LogP contribution in [0.15, 0.2) is 4.99 Å². The van der Waals surface area contributed by atoms with Gasteiger partial charge in [0.2, 0.25) is 5.91 Å². The number of carbonyl (C=O) groups excluding carboxylic acids is 1. The Kier molecular flexibility index (Phi) is 5.60. The van der Waals surface area contributed by atoms with Crippen molar-refractivity contribution < 1.29 is 9.53 Å². The van der Waals surface area contributed by atoms with Gasteiger partial charge in [0.15, 0.2) is 5.96 Å². The summed E-state index contributed by atoms with van der Waals surface area (Å²) in [7, 11) is 0.